The van der Waals surface area contributed by atoms with Crippen molar-refractivity contribution in [3.63, 3.8) is 0 Å². The van der Waals surface area contributed by atoms with Crippen LogP contribution in [-0.2, 0) is 9.16 Å². The highest BCUT2D eigenvalue weighted by atomic mass is 28.4. The Balaban J connectivity index is 2.88. The predicted molar refractivity (Wildman–Crippen MR) is 102 cm³/mol. The summed E-state index contributed by atoms with van der Waals surface area (Å²) in [5.41, 5.74) is 0.527. The van der Waals surface area contributed by atoms with Crippen molar-refractivity contribution in [1.82, 2.24) is 5.32 Å². The van der Waals surface area contributed by atoms with E-state index < -0.39 is 20.5 Å². The lowest BCUT2D eigenvalue weighted by atomic mass is 10.0. The molecule has 0 aromatic heterocycles. The van der Waals surface area contributed by atoms with Gasteiger partial charge >= 0.3 is 0 Å². The van der Waals surface area contributed by atoms with Crippen molar-refractivity contribution in [2.75, 3.05) is 7.11 Å². The molecule has 0 saturated carbocycles. The molecule has 1 amide bonds. The molecule has 138 valence electrons. The van der Waals surface area contributed by atoms with E-state index in [0.717, 1.165) is 0 Å². The Morgan fingerprint density at radius 3 is 2.24 bits per heavy atom. The number of methoxy groups -OCH3 is 1. The highest BCUT2D eigenvalue weighted by Crippen LogP contribution is 2.38. The maximum absolute atomic E-state index is 12.4. The molecule has 0 spiro atoms. The van der Waals surface area contributed by atoms with Crippen molar-refractivity contribution in [3.8, 4) is 6.07 Å². The molecule has 6 heteroatoms. The lowest BCUT2D eigenvalue weighted by Crippen LogP contribution is -2.50. The second-order valence-corrected chi connectivity index (χ2v) is 12.5. The van der Waals surface area contributed by atoms with Gasteiger partial charge in [-0.15, -0.1) is 0 Å². The van der Waals surface area contributed by atoms with E-state index in [9.17, 15) is 10.1 Å². The second-order valence-electron chi connectivity index (χ2n) is 7.73. The molecule has 0 fully saturated rings. The molecule has 1 aromatic rings. The summed E-state index contributed by atoms with van der Waals surface area (Å²) >= 11 is 0. The molecular weight excluding hydrogens is 332 g/mol. The summed E-state index contributed by atoms with van der Waals surface area (Å²) in [4.78, 5) is 12.4. The minimum atomic E-state index is -2.03. The number of rotatable bonds is 7. The van der Waals surface area contributed by atoms with Gasteiger partial charge in [-0.25, -0.2) is 0 Å². The highest BCUT2D eigenvalue weighted by molar-refractivity contribution is 6.74. The molecule has 25 heavy (non-hydrogen) atoms. The van der Waals surface area contributed by atoms with Crippen LogP contribution in [0.5, 0.6) is 0 Å². The second kappa shape index (κ2) is 8.61. The fraction of sp³-hybridized carbons (Fsp3) is 0.579. The largest absolute Gasteiger partial charge is 0.413 e. The van der Waals surface area contributed by atoms with E-state index in [1.54, 1.807) is 24.3 Å². The number of amides is 1. The average molecular weight is 363 g/mol. The molecule has 0 heterocycles. The van der Waals surface area contributed by atoms with Crippen LogP contribution < -0.4 is 5.32 Å². The smallest absolute Gasteiger partial charge is 0.253 e. The van der Waals surface area contributed by atoms with Gasteiger partial charge in [0.05, 0.1) is 12.2 Å². The fourth-order valence-electron chi connectivity index (χ4n) is 2.23. The van der Waals surface area contributed by atoms with Gasteiger partial charge in [-0.2, -0.15) is 5.26 Å². The Morgan fingerprint density at radius 2 is 1.80 bits per heavy atom. The third-order valence-electron chi connectivity index (χ3n) is 4.83. The molecule has 1 N–H and O–H groups in total. The third-order valence-corrected chi connectivity index (χ3v) is 9.40. The predicted octanol–water partition coefficient (Wildman–Crippen LogP) is 3.94. The SMILES string of the molecule is CO[C@H](NC(=O)c1ccccc1)[C@H](C#N)[C@@H](C)O[Si](C)(C)C(C)(C)C. The van der Waals surface area contributed by atoms with Gasteiger partial charge in [0.1, 0.15) is 12.1 Å². The maximum atomic E-state index is 12.4. The van der Waals surface area contributed by atoms with Crippen molar-refractivity contribution in [2.24, 2.45) is 5.92 Å². The number of nitrogens with one attached hydrogen (secondary N) is 1. The zero-order valence-electron chi connectivity index (χ0n) is 16.3. The van der Waals surface area contributed by atoms with Gasteiger partial charge in [0.25, 0.3) is 5.91 Å². The zero-order valence-corrected chi connectivity index (χ0v) is 17.3. The minimum absolute atomic E-state index is 0.0388. The molecule has 0 bridgehead atoms. The van der Waals surface area contributed by atoms with Crippen molar-refractivity contribution >= 4 is 14.2 Å². The van der Waals surface area contributed by atoms with Crippen molar-refractivity contribution in [1.29, 1.82) is 5.26 Å². The molecule has 0 aliphatic heterocycles. The van der Waals surface area contributed by atoms with Crippen LogP contribution in [0.1, 0.15) is 38.1 Å². The summed E-state index contributed by atoms with van der Waals surface area (Å²) in [6, 6.07) is 11.1. The van der Waals surface area contributed by atoms with E-state index in [0.29, 0.717) is 5.56 Å². The average Bonchev–Trinajstić information content (AvgIpc) is 2.53. The molecule has 0 saturated heterocycles. The van der Waals surface area contributed by atoms with Crippen molar-refractivity contribution < 1.29 is 14.0 Å². The van der Waals surface area contributed by atoms with Crippen LogP contribution >= 0.6 is 0 Å². The number of hydrogen-bond donors (Lipinski definition) is 1. The zero-order chi connectivity index (χ0) is 19.3. The Morgan fingerprint density at radius 1 is 1.24 bits per heavy atom. The Kier molecular flexibility index (Phi) is 7.36. The third kappa shape index (κ3) is 5.67. The molecule has 0 unspecified atom stereocenters. The first-order valence-electron chi connectivity index (χ1n) is 8.49. The number of nitrogens with zero attached hydrogens (tertiary/aromatic N) is 1. The summed E-state index contributed by atoms with van der Waals surface area (Å²) in [5.74, 6) is -0.876. The molecule has 3 atom stereocenters. The van der Waals surface area contributed by atoms with Gasteiger partial charge in [0.2, 0.25) is 0 Å². The number of carbonyl (C=O) groups is 1. The molecule has 5 nitrogen and oxygen atoms in total. The van der Waals surface area contributed by atoms with E-state index in [2.05, 4.69) is 45.3 Å². The summed E-state index contributed by atoms with van der Waals surface area (Å²) in [5, 5.41) is 12.5. The number of benzene rings is 1. The topological polar surface area (TPSA) is 71.3 Å². The van der Waals surface area contributed by atoms with Crippen LogP contribution in [0.25, 0.3) is 0 Å². The lowest BCUT2D eigenvalue weighted by Gasteiger charge is -2.40. The molecular formula is C19H30N2O3Si. The van der Waals surface area contributed by atoms with Gasteiger partial charge in [-0.1, -0.05) is 39.0 Å². The first-order valence-corrected chi connectivity index (χ1v) is 11.4. The van der Waals surface area contributed by atoms with Crippen molar-refractivity contribution in [2.45, 2.75) is 58.2 Å². The van der Waals surface area contributed by atoms with Gasteiger partial charge < -0.3 is 14.5 Å². The van der Waals surface area contributed by atoms with Gasteiger partial charge in [-0.05, 0) is 37.2 Å². The van der Waals surface area contributed by atoms with E-state index in [1.807, 2.05) is 13.0 Å². The van der Waals surface area contributed by atoms with Crippen LogP contribution in [-0.4, -0.2) is 33.7 Å². The summed E-state index contributed by atoms with van der Waals surface area (Å²) < 4.78 is 11.7. The minimum Gasteiger partial charge on any atom is -0.413 e. The number of ether oxygens (including phenoxy) is 1. The molecule has 0 aliphatic rings. The fourth-order valence-corrected chi connectivity index (χ4v) is 3.66. The lowest BCUT2D eigenvalue weighted by molar-refractivity contribution is 0.00297. The maximum Gasteiger partial charge on any atom is 0.253 e. The van der Waals surface area contributed by atoms with Gasteiger partial charge in [-0.3, -0.25) is 4.79 Å². The van der Waals surface area contributed by atoms with Gasteiger partial charge in [0.15, 0.2) is 8.32 Å². The summed E-state index contributed by atoms with van der Waals surface area (Å²) in [6.07, 6.45) is -1.09. The quantitative estimate of drug-likeness (QED) is 0.589. The highest BCUT2D eigenvalue weighted by Gasteiger charge is 2.41. The summed E-state index contributed by atoms with van der Waals surface area (Å²) in [6.45, 7) is 12.6. The van der Waals surface area contributed by atoms with Crippen LogP contribution in [0.4, 0.5) is 0 Å². The van der Waals surface area contributed by atoms with E-state index in [-0.39, 0.29) is 17.0 Å². The number of carbonyl (C=O) groups excluding carboxylic acids is 1. The van der Waals surface area contributed by atoms with Gasteiger partial charge in [0, 0.05) is 12.7 Å². The van der Waals surface area contributed by atoms with Crippen LogP contribution in [0.2, 0.25) is 18.1 Å². The van der Waals surface area contributed by atoms with E-state index in [4.69, 9.17) is 9.16 Å². The molecule has 0 radical (unpaired) electrons. The number of hydrogen-bond acceptors (Lipinski definition) is 4. The van der Waals surface area contributed by atoms with Crippen LogP contribution in [0, 0.1) is 17.2 Å². The Labute approximate surface area is 152 Å². The Hall–Kier alpha value is -1.68. The normalized spacial score (nSPS) is 15.8. The molecule has 1 aromatic carbocycles. The Bertz CT molecular complexity index is 605. The first-order chi connectivity index (χ1) is 11.5. The summed E-state index contributed by atoms with van der Waals surface area (Å²) in [7, 11) is -0.543. The van der Waals surface area contributed by atoms with Crippen LogP contribution in [0.15, 0.2) is 30.3 Å². The van der Waals surface area contributed by atoms with E-state index in [1.165, 1.54) is 7.11 Å². The number of nitriles is 1. The van der Waals surface area contributed by atoms with Crippen LogP contribution in [0.3, 0.4) is 0 Å². The standard InChI is InChI=1S/C19H30N2O3Si/c1-14(24-25(6,7)19(2,3)4)16(13-20)18(23-5)21-17(22)15-11-9-8-10-12-15/h8-12,14,16,18H,1-7H3,(H,21,22)/t14-,16-,18+/m1/s1. The molecule has 1 rings (SSSR count). The first kappa shape index (κ1) is 21.4. The molecule has 0 aliphatic carbocycles. The van der Waals surface area contributed by atoms with E-state index >= 15 is 0 Å². The van der Waals surface area contributed by atoms with Crippen molar-refractivity contribution in [3.05, 3.63) is 35.9 Å². The monoisotopic (exact) mass is 362 g/mol.